The van der Waals surface area contributed by atoms with Crippen LogP contribution in [-0.2, 0) is 6.54 Å². The van der Waals surface area contributed by atoms with Crippen LogP contribution in [0, 0.1) is 13.8 Å². The standard InChI is InChI=1S/C21H18N2O3S/c1-4-23-17-12(2)9-10-13(3)19(17)27-21(23)22-20(25)15-11-26-16-8-6-5-7-14(16)18(15)24/h5-11H,4H2,1-3H3. The van der Waals surface area contributed by atoms with Gasteiger partial charge in [-0.1, -0.05) is 35.6 Å². The molecule has 0 aliphatic rings. The summed E-state index contributed by atoms with van der Waals surface area (Å²) < 4.78 is 8.57. The Morgan fingerprint density at radius 2 is 1.89 bits per heavy atom. The average molecular weight is 378 g/mol. The predicted molar refractivity (Wildman–Crippen MR) is 107 cm³/mol. The summed E-state index contributed by atoms with van der Waals surface area (Å²) in [6, 6.07) is 11.0. The summed E-state index contributed by atoms with van der Waals surface area (Å²) in [4.78, 5) is 30.3. The minimum atomic E-state index is -0.585. The van der Waals surface area contributed by atoms with Crippen LogP contribution in [0.1, 0.15) is 28.4 Å². The largest absolute Gasteiger partial charge is 0.463 e. The third-order valence-electron chi connectivity index (χ3n) is 4.65. The van der Waals surface area contributed by atoms with E-state index in [1.165, 1.54) is 17.6 Å². The van der Waals surface area contributed by atoms with Crippen molar-refractivity contribution < 1.29 is 9.21 Å². The fourth-order valence-corrected chi connectivity index (χ4v) is 4.46. The molecule has 0 atom stereocenters. The van der Waals surface area contributed by atoms with Crippen molar-refractivity contribution in [3.05, 3.63) is 74.4 Å². The molecule has 1 amide bonds. The topological polar surface area (TPSA) is 64.6 Å². The molecule has 0 fully saturated rings. The molecule has 0 aliphatic heterocycles. The minimum absolute atomic E-state index is 0.0535. The number of fused-ring (bicyclic) bond motifs is 2. The molecule has 5 nitrogen and oxygen atoms in total. The number of amides is 1. The number of thiazole rings is 1. The molecule has 27 heavy (non-hydrogen) atoms. The molecular weight excluding hydrogens is 360 g/mol. The summed E-state index contributed by atoms with van der Waals surface area (Å²) in [6.45, 7) is 6.79. The van der Waals surface area contributed by atoms with Gasteiger partial charge in [-0.2, -0.15) is 4.99 Å². The summed E-state index contributed by atoms with van der Waals surface area (Å²) >= 11 is 1.46. The molecule has 0 radical (unpaired) electrons. The van der Waals surface area contributed by atoms with Crippen molar-refractivity contribution in [3.63, 3.8) is 0 Å². The van der Waals surface area contributed by atoms with E-state index in [9.17, 15) is 9.59 Å². The van der Waals surface area contributed by atoms with Gasteiger partial charge in [0.05, 0.1) is 15.6 Å². The van der Waals surface area contributed by atoms with Crippen LogP contribution in [0.5, 0.6) is 0 Å². The number of benzene rings is 2. The average Bonchev–Trinajstić information content (AvgIpc) is 3.04. The van der Waals surface area contributed by atoms with Crippen molar-refractivity contribution in [1.82, 2.24) is 4.57 Å². The van der Waals surface area contributed by atoms with E-state index >= 15 is 0 Å². The van der Waals surface area contributed by atoms with E-state index in [2.05, 4.69) is 17.1 Å². The highest BCUT2D eigenvalue weighted by molar-refractivity contribution is 7.16. The number of hydrogen-bond donors (Lipinski definition) is 0. The number of para-hydroxylation sites is 1. The van der Waals surface area contributed by atoms with Crippen molar-refractivity contribution in [2.45, 2.75) is 27.3 Å². The van der Waals surface area contributed by atoms with Crippen LogP contribution in [0.2, 0.25) is 0 Å². The Balaban J connectivity index is 1.93. The van der Waals surface area contributed by atoms with Gasteiger partial charge < -0.3 is 8.98 Å². The highest BCUT2D eigenvalue weighted by Gasteiger charge is 2.16. The molecule has 2 heterocycles. The van der Waals surface area contributed by atoms with Gasteiger partial charge >= 0.3 is 0 Å². The highest BCUT2D eigenvalue weighted by atomic mass is 32.1. The summed E-state index contributed by atoms with van der Waals surface area (Å²) in [5.41, 5.74) is 3.40. The number of carbonyl (C=O) groups is 1. The van der Waals surface area contributed by atoms with Gasteiger partial charge in [0.25, 0.3) is 5.91 Å². The van der Waals surface area contributed by atoms with Crippen molar-refractivity contribution in [2.75, 3.05) is 0 Å². The van der Waals surface area contributed by atoms with E-state index in [1.807, 2.05) is 25.3 Å². The first-order valence-electron chi connectivity index (χ1n) is 8.70. The van der Waals surface area contributed by atoms with Gasteiger partial charge in [-0.3, -0.25) is 9.59 Å². The molecule has 0 saturated heterocycles. The first kappa shape index (κ1) is 17.4. The first-order valence-corrected chi connectivity index (χ1v) is 9.52. The molecule has 0 bridgehead atoms. The second-order valence-corrected chi connectivity index (χ2v) is 7.38. The molecule has 0 unspecified atom stereocenters. The molecular formula is C21H18N2O3S. The molecule has 0 N–H and O–H groups in total. The van der Waals surface area contributed by atoms with E-state index in [0.29, 0.717) is 22.3 Å². The second kappa shape index (κ2) is 6.63. The smallest absolute Gasteiger partial charge is 0.286 e. The normalized spacial score (nSPS) is 12.2. The van der Waals surface area contributed by atoms with Crippen molar-refractivity contribution in [1.29, 1.82) is 0 Å². The van der Waals surface area contributed by atoms with Crippen molar-refractivity contribution in [3.8, 4) is 0 Å². The van der Waals surface area contributed by atoms with Gasteiger partial charge in [-0.25, -0.2) is 0 Å². The van der Waals surface area contributed by atoms with Crippen LogP contribution in [0.3, 0.4) is 0 Å². The van der Waals surface area contributed by atoms with Crippen molar-refractivity contribution >= 4 is 38.4 Å². The Hall–Kier alpha value is -2.99. The Bertz CT molecular complexity index is 1330. The van der Waals surface area contributed by atoms with E-state index in [0.717, 1.165) is 21.3 Å². The number of hydrogen-bond acceptors (Lipinski definition) is 4. The Labute approximate surface area is 159 Å². The lowest BCUT2D eigenvalue weighted by Gasteiger charge is -2.04. The molecule has 2 aromatic carbocycles. The van der Waals surface area contributed by atoms with E-state index in [1.54, 1.807) is 24.3 Å². The molecule has 136 valence electrons. The van der Waals surface area contributed by atoms with Gasteiger partial charge in [0.15, 0.2) is 4.80 Å². The van der Waals surface area contributed by atoms with E-state index in [4.69, 9.17) is 4.42 Å². The zero-order chi connectivity index (χ0) is 19.1. The van der Waals surface area contributed by atoms with Crippen LogP contribution in [0.25, 0.3) is 21.2 Å². The predicted octanol–water partition coefficient (Wildman–Crippen LogP) is 4.19. The molecule has 4 aromatic rings. The lowest BCUT2D eigenvalue weighted by Crippen LogP contribution is -2.19. The highest BCUT2D eigenvalue weighted by Crippen LogP contribution is 2.24. The molecule has 2 aromatic heterocycles. The van der Waals surface area contributed by atoms with Gasteiger partial charge in [0.2, 0.25) is 5.43 Å². The second-order valence-electron chi connectivity index (χ2n) is 6.40. The van der Waals surface area contributed by atoms with E-state index < -0.39 is 5.91 Å². The number of aromatic nitrogens is 1. The molecule has 0 saturated carbocycles. The van der Waals surface area contributed by atoms with Crippen LogP contribution < -0.4 is 10.2 Å². The van der Waals surface area contributed by atoms with Gasteiger partial charge in [0.1, 0.15) is 17.4 Å². The quantitative estimate of drug-likeness (QED) is 0.525. The SMILES string of the molecule is CCn1c(=NC(=O)c2coc3ccccc3c2=O)sc2c(C)ccc(C)c21. The van der Waals surface area contributed by atoms with Crippen LogP contribution in [-0.4, -0.2) is 10.5 Å². The molecule has 4 rings (SSSR count). The van der Waals surface area contributed by atoms with Gasteiger partial charge in [-0.05, 0) is 44.0 Å². The summed E-state index contributed by atoms with van der Waals surface area (Å²) in [7, 11) is 0. The Kier molecular flexibility index (Phi) is 4.28. The fraction of sp³-hybridized carbons (Fsp3) is 0.190. The Morgan fingerprint density at radius 3 is 2.67 bits per heavy atom. The Morgan fingerprint density at radius 1 is 1.15 bits per heavy atom. The maximum atomic E-state index is 12.8. The fourth-order valence-electron chi connectivity index (χ4n) is 3.23. The third-order valence-corrected chi connectivity index (χ3v) is 5.86. The third kappa shape index (κ3) is 2.82. The van der Waals surface area contributed by atoms with Gasteiger partial charge in [-0.15, -0.1) is 0 Å². The maximum Gasteiger partial charge on any atom is 0.286 e. The maximum absolute atomic E-state index is 12.8. The van der Waals surface area contributed by atoms with Gasteiger partial charge in [0, 0.05) is 6.54 Å². The lowest BCUT2D eigenvalue weighted by atomic mass is 10.1. The van der Waals surface area contributed by atoms with Crippen LogP contribution >= 0.6 is 11.3 Å². The number of nitrogens with zero attached hydrogens (tertiary/aromatic N) is 2. The molecule has 0 aliphatic carbocycles. The number of rotatable bonds is 2. The molecule has 0 spiro atoms. The lowest BCUT2D eigenvalue weighted by molar-refractivity contribution is 0.0995. The van der Waals surface area contributed by atoms with E-state index in [-0.39, 0.29) is 11.0 Å². The van der Waals surface area contributed by atoms with Crippen LogP contribution in [0.15, 0.2) is 56.9 Å². The number of carbonyl (C=O) groups excluding carboxylic acids is 1. The zero-order valence-electron chi connectivity index (χ0n) is 15.3. The summed E-state index contributed by atoms with van der Waals surface area (Å²) in [6.07, 6.45) is 1.20. The summed E-state index contributed by atoms with van der Waals surface area (Å²) in [5.74, 6) is -0.585. The van der Waals surface area contributed by atoms with Crippen molar-refractivity contribution in [2.24, 2.45) is 4.99 Å². The first-order chi connectivity index (χ1) is 13.0. The zero-order valence-corrected chi connectivity index (χ0v) is 16.1. The monoisotopic (exact) mass is 378 g/mol. The van der Waals surface area contributed by atoms with Crippen LogP contribution in [0.4, 0.5) is 0 Å². The minimum Gasteiger partial charge on any atom is -0.463 e. The number of aryl methyl sites for hydroxylation is 3. The summed E-state index contributed by atoms with van der Waals surface area (Å²) in [5, 5.41) is 0.380. The molecule has 6 heteroatoms.